The SMILES string of the molecule is CC(CO)(CO)NCc1cc(F)ccc1F. The Morgan fingerprint density at radius 2 is 1.88 bits per heavy atom. The van der Waals surface area contributed by atoms with E-state index in [1.54, 1.807) is 6.92 Å². The van der Waals surface area contributed by atoms with Crippen molar-refractivity contribution in [3.63, 3.8) is 0 Å². The summed E-state index contributed by atoms with van der Waals surface area (Å²) in [5, 5.41) is 20.8. The molecule has 0 bridgehead atoms. The molecule has 3 nitrogen and oxygen atoms in total. The molecule has 0 heterocycles. The fraction of sp³-hybridized carbons (Fsp3) is 0.455. The number of benzene rings is 1. The number of aliphatic hydroxyl groups is 2. The van der Waals surface area contributed by atoms with E-state index in [0.29, 0.717) is 0 Å². The van der Waals surface area contributed by atoms with Crippen LogP contribution in [0.4, 0.5) is 8.78 Å². The lowest BCUT2D eigenvalue weighted by atomic mass is 10.0. The first-order chi connectivity index (χ1) is 7.50. The van der Waals surface area contributed by atoms with Crippen molar-refractivity contribution in [2.75, 3.05) is 13.2 Å². The van der Waals surface area contributed by atoms with Gasteiger partial charge in [0.15, 0.2) is 0 Å². The maximum atomic E-state index is 13.2. The molecule has 0 atom stereocenters. The Kier molecular flexibility index (Phi) is 4.35. The van der Waals surface area contributed by atoms with Crippen molar-refractivity contribution in [2.45, 2.75) is 19.0 Å². The highest BCUT2D eigenvalue weighted by molar-refractivity contribution is 5.18. The smallest absolute Gasteiger partial charge is 0.127 e. The van der Waals surface area contributed by atoms with Crippen LogP contribution in [0.2, 0.25) is 0 Å². The molecular weight excluding hydrogens is 216 g/mol. The van der Waals surface area contributed by atoms with Crippen LogP contribution in [0.25, 0.3) is 0 Å². The molecule has 0 unspecified atom stereocenters. The highest BCUT2D eigenvalue weighted by atomic mass is 19.1. The van der Waals surface area contributed by atoms with Crippen LogP contribution in [0.5, 0.6) is 0 Å². The van der Waals surface area contributed by atoms with E-state index in [-0.39, 0.29) is 25.3 Å². The first-order valence-electron chi connectivity index (χ1n) is 4.91. The van der Waals surface area contributed by atoms with Crippen LogP contribution in [0, 0.1) is 11.6 Å². The van der Waals surface area contributed by atoms with E-state index in [1.807, 2.05) is 0 Å². The molecule has 0 aliphatic carbocycles. The van der Waals surface area contributed by atoms with E-state index in [0.717, 1.165) is 18.2 Å². The van der Waals surface area contributed by atoms with Crippen molar-refractivity contribution in [1.29, 1.82) is 0 Å². The summed E-state index contributed by atoms with van der Waals surface area (Å²) in [6.07, 6.45) is 0. The standard InChI is InChI=1S/C11H15F2NO2/c1-11(6-15,7-16)14-5-8-4-9(12)2-3-10(8)13/h2-4,14-16H,5-7H2,1H3. The molecule has 5 heteroatoms. The molecule has 0 aliphatic rings. The average Bonchev–Trinajstić information content (AvgIpc) is 2.30. The van der Waals surface area contributed by atoms with Crippen LogP contribution in [-0.4, -0.2) is 29.0 Å². The minimum atomic E-state index is -0.904. The second-order valence-corrected chi connectivity index (χ2v) is 3.97. The normalized spacial score (nSPS) is 11.8. The molecule has 0 saturated carbocycles. The summed E-state index contributed by atoms with van der Waals surface area (Å²) in [4.78, 5) is 0. The van der Waals surface area contributed by atoms with E-state index >= 15 is 0 Å². The largest absolute Gasteiger partial charge is 0.394 e. The van der Waals surface area contributed by atoms with E-state index in [2.05, 4.69) is 5.32 Å². The molecule has 1 rings (SSSR count). The number of nitrogens with one attached hydrogen (secondary N) is 1. The first-order valence-corrected chi connectivity index (χ1v) is 4.91. The van der Waals surface area contributed by atoms with Crippen LogP contribution in [0.15, 0.2) is 18.2 Å². The number of hydrogen-bond acceptors (Lipinski definition) is 3. The van der Waals surface area contributed by atoms with Gasteiger partial charge in [0.2, 0.25) is 0 Å². The Bertz CT molecular complexity index is 354. The predicted octanol–water partition coefficient (Wildman–Crippen LogP) is 0.798. The number of rotatable bonds is 5. The van der Waals surface area contributed by atoms with Gasteiger partial charge in [0.05, 0.1) is 18.8 Å². The van der Waals surface area contributed by atoms with Gasteiger partial charge in [-0.2, -0.15) is 0 Å². The van der Waals surface area contributed by atoms with Gasteiger partial charge in [-0.15, -0.1) is 0 Å². The second kappa shape index (κ2) is 5.34. The van der Waals surface area contributed by atoms with Crippen LogP contribution < -0.4 is 5.32 Å². The minimum Gasteiger partial charge on any atom is -0.394 e. The van der Waals surface area contributed by atoms with Crippen LogP contribution in [-0.2, 0) is 6.54 Å². The highest BCUT2D eigenvalue weighted by Gasteiger charge is 2.21. The fourth-order valence-electron chi connectivity index (χ4n) is 1.15. The molecule has 1 aromatic rings. The molecule has 3 N–H and O–H groups in total. The Morgan fingerprint density at radius 1 is 1.25 bits per heavy atom. The lowest BCUT2D eigenvalue weighted by Crippen LogP contribution is -2.48. The number of aliphatic hydroxyl groups excluding tert-OH is 2. The summed E-state index contributed by atoms with van der Waals surface area (Å²) in [7, 11) is 0. The molecule has 0 spiro atoms. The summed E-state index contributed by atoms with van der Waals surface area (Å²) < 4.78 is 26.1. The lowest BCUT2D eigenvalue weighted by Gasteiger charge is -2.26. The van der Waals surface area contributed by atoms with E-state index in [4.69, 9.17) is 10.2 Å². The second-order valence-electron chi connectivity index (χ2n) is 3.97. The summed E-state index contributed by atoms with van der Waals surface area (Å²) in [5.74, 6) is -1.04. The van der Waals surface area contributed by atoms with E-state index in [9.17, 15) is 8.78 Å². The van der Waals surface area contributed by atoms with Gasteiger partial charge in [0.1, 0.15) is 11.6 Å². The van der Waals surface area contributed by atoms with Gasteiger partial charge in [-0.1, -0.05) is 0 Å². The first kappa shape index (κ1) is 13.0. The van der Waals surface area contributed by atoms with Gasteiger partial charge >= 0.3 is 0 Å². The van der Waals surface area contributed by atoms with Crippen LogP contribution in [0.1, 0.15) is 12.5 Å². The van der Waals surface area contributed by atoms with Crippen molar-refractivity contribution in [3.8, 4) is 0 Å². The van der Waals surface area contributed by atoms with Crippen molar-refractivity contribution in [1.82, 2.24) is 5.32 Å². The Hall–Kier alpha value is -1.04. The molecule has 0 amide bonds. The Morgan fingerprint density at radius 3 is 2.44 bits per heavy atom. The fourth-order valence-corrected chi connectivity index (χ4v) is 1.15. The lowest BCUT2D eigenvalue weighted by molar-refractivity contribution is 0.103. The van der Waals surface area contributed by atoms with Crippen molar-refractivity contribution in [3.05, 3.63) is 35.4 Å². The van der Waals surface area contributed by atoms with Gasteiger partial charge in [-0.05, 0) is 25.1 Å². The molecular formula is C11H15F2NO2. The van der Waals surface area contributed by atoms with Gasteiger partial charge < -0.3 is 15.5 Å². The monoisotopic (exact) mass is 231 g/mol. The third kappa shape index (κ3) is 3.23. The molecule has 0 aliphatic heterocycles. The van der Waals surface area contributed by atoms with Gasteiger partial charge in [-0.25, -0.2) is 8.78 Å². The topological polar surface area (TPSA) is 52.5 Å². The molecule has 16 heavy (non-hydrogen) atoms. The molecule has 0 radical (unpaired) electrons. The van der Waals surface area contributed by atoms with Crippen LogP contribution >= 0.6 is 0 Å². The third-order valence-electron chi connectivity index (χ3n) is 2.41. The van der Waals surface area contributed by atoms with Gasteiger partial charge in [-0.3, -0.25) is 0 Å². The summed E-state index contributed by atoms with van der Waals surface area (Å²) in [6.45, 7) is 1.05. The highest BCUT2D eigenvalue weighted by Crippen LogP contribution is 2.11. The van der Waals surface area contributed by atoms with Gasteiger partial charge in [0, 0.05) is 12.1 Å². The third-order valence-corrected chi connectivity index (χ3v) is 2.41. The minimum absolute atomic E-state index is 0.0429. The Labute approximate surface area is 92.7 Å². The van der Waals surface area contributed by atoms with Crippen LogP contribution in [0.3, 0.4) is 0 Å². The molecule has 0 aromatic heterocycles. The van der Waals surface area contributed by atoms with Gasteiger partial charge in [0.25, 0.3) is 0 Å². The average molecular weight is 231 g/mol. The predicted molar refractivity (Wildman–Crippen MR) is 55.8 cm³/mol. The molecule has 0 saturated heterocycles. The number of hydrogen-bond donors (Lipinski definition) is 3. The Balaban J connectivity index is 2.70. The van der Waals surface area contributed by atoms with E-state index in [1.165, 1.54) is 0 Å². The zero-order valence-electron chi connectivity index (χ0n) is 9.00. The zero-order valence-corrected chi connectivity index (χ0v) is 9.00. The summed E-state index contributed by atoms with van der Waals surface area (Å²) in [5.41, 5.74) is -0.744. The molecule has 0 fully saturated rings. The molecule has 90 valence electrons. The quantitative estimate of drug-likeness (QED) is 0.702. The van der Waals surface area contributed by atoms with E-state index < -0.39 is 17.2 Å². The van der Waals surface area contributed by atoms with Crippen molar-refractivity contribution in [2.24, 2.45) is 0 Å². The summed E-state index contributed by atoms with van der Waals surface area (Å²) >= 11 is 0. The molecule has 1 aromatic carbocycles. The number of halogens is 2. The maximum Gasteiger partial charge on any atom is 0.127 e. The van der Waals surface area contributed by atoms with Crippen molar-refractivity contribution >= 4 is 0 Å². The maximum absolute atomic E-state index is 13.2. The van der Waals surface area contributed by atoms with Crippen molar-refractivity contribution < 1.29 is 19.0 Å². The zero-order chi connectivity index (χ0) is 12.2. The summed E-state index contributed by atoms with van der Waals surface area (Å²) in [6, 6.07) is 3.16.